The van der Waals surface area contributed by atoms with Crippen LogP contribution in [0.1, 0.15) is 13.8 Å². The van der Waals surface area contributed by atoms with Crippen molar-refractivity contribution in [1.29, 1.82) is 0 Å². The summed E-state index contributed by atoms with van der Waals surface area (Å²) in [4.78, 5) is 0. The first kappa shape index (κ1) is 14.6. The Labute approximate surface area is 76.9 Å². The fourth-order valence-corrected chi connectivity index (χ4v) is 0.498. The maximum atomic E-state index is 10.0. The molecule has 6 heteroatoms. The molecule has 0 saturated carbocycles. The van der Waals surface area contributed by atoms with Gasteiger partial charge in [-0.3, -0.25) is 4.18 Å². The second-order valence-corrected chi connectivity index (χ2v) is 5.49. The molecule has 0 saturated heterocycles. The quantitative estimate of drug-likeness (QED) is 0.683. The van der Waals surface area contributed by atoms with Crippen LogP contribution in [0.25, 0.3) is 0 Å². The van der Waals surface area contributed by atoms with Gasteiger partial charge in [-0.1, -0.05) is 6.92 Å². The molecule has 0 aliphatic carbocycles. The highest BCUT2D eigenvalue weighted by molar-refractivity contribution is 7.90. The molecular formula is C6H16O4S2. The van der Waals surface area contributed by atoms with E-state index in [1.54, 1.807) is 13.8 Å². The van der Waals surface area contributed by atoms with Gasteiger partial charge in [0.15, 0.2) is 11.1 Å². The molecule has 0 fully saturated rings. The van der Waals surface area contributed by atoms with Gasteiger partial charge in [0.05, 0.1) is 6.61 Å². The zero-order valence-corrected chi connectivity index (χ0v) is 9.50. The van der Waals surface area contributed by atoms with Crippen molar-refractivity contribution >= 4 is 20.9 Å². The molecule has 0 bridgehead atoms. The Kier molecular flexibility index (Phi) is 9.35. The number of rotatable bonds is 3. The Hall–Kier alpha value is 0.0600. The predicted octanol–water partition coefficient (Wildman–Crippen LogP) is 0.367. The van der Waals surface area contributed by atoms with E-state index in [1.165, 1.54) is 12.5 Å². The zero-order chi connectivity index (χ0) is 10.2. The van der Waals surface area contributed by atoms with Crippen LogP contribution in [0.15, 0.2) is 0 Å². The molecule has 76 valence electrons. The van der Waals surface area contributed by atoms with Gasteiger partial charge < -0.3 is 0 Å². The lowest BCUT2D eigenvalue weighted by atomic mass is 10.9. The van der Waals surface area contributed by atoms with Crippen molar-refractivity contribution in [2.75, 3.05) is 24.9 Å². The van der Waals surface area contributed by atoms with Gasteiger partial charge in [0.2, 0.25) is 0 Å². The first-order chi connectivity index (χ1) is 5.33. The minimum Gasteiger partial charge on any atom is -0.291 e. The Morgan fingerprint density at radius 3 is 1.67 bits per heavy atom. The fraction of sp³-hybridized carbons (Fsp3) is 1.00. The van der Waals surface area contributed by atoms with E-state index in [1.807, 2.05) is 0 Å². The fourth-order valence-electron chi connectivity index (χ4n) is 0.166. The molecule has 0 aliphatic heterocycles. The van der Waals surface area contributed by atoms with Crippen LogP contribution in [-0.2, 0) is 25.1 Å². The van der Waals surface area contributed by atoms with Crippen LogP contribution >= 0.6 is 0 Å². The van der Waals surface area contributed by atoms with E-state index in [9.17, 15) is 12.6 Å². The molecule has 0 spiro atoms. The first-order valence-corrected chi connectivity index (χ1v) is 7.02. The van der Waals surface area contributed by atoms with Gasteiger partial charge in [-0.05, 0) is 6.92 Å². The third-order valence-electron chi connectivity index (χ3n) is 0.808. The smallest absolute Gasteiger partial charge is 0.152 e. The summed E-state index contributed by atoms with van der Waals surface area (Å²) in [5.74, 6) is 0.243. The lowest BCUT2D eigenvalue weighted by Crippen LogP contribution is -1.96. The molecule has 1 unspecified atom stereocenters. The molecule has 0 aromatic rings. The van der Waals surface area contributed by atoms with Crippen LogP contribution in [0.5, 0.6) is 0 Å². The van der Waals surface area contributed by atoms with E-state index >= 15 is 0 Å². The number of hydrogen-bond acceptors (Lipinski definition) is 4. The van der Waals surface area contributed by atoms with E-state index in [4.69, 9.17) is 0 Å². The molecule has 0 heterocycles. The zero-order valence-electron chi connectivity index (χ0n) is 7.86. The highest BCUT2D eigenvalue weighted by Crippen LogP contribution is 1.75. The summed E-state index contributed by atoms with van der Waals surface area (Å²) >= 11 is -1.07. The van der Waals surface area contributed by atoms with E-state index in [-0.39, 0.29) is 5.75 Å². The van der Waals surface area contributed by atoms with Gasteiger partial charge >= 0.3 is 0 Å². The Morgan fingerprint density at radius 2 is 1.67 bits per heavy atom. The predicted molar refractivity (Wildman–Crippen MR) is 51.1 cm³/mol. The summed E-state index contributed by atoms with van der Waals surface area (Å²) in [6.45, 7) is 3.96. The third-order valence-corrected chi connectivity index (χ3v) is 2.42. The lowest BCUT2D eigenvalue weighted by molar-refractivity contribution is 0.375. The standard InChI is InChI=1S/2C3H8O2S/c1-3-6(2,4)5;1-3-5-6(2)4/h2*3H2,1-2H3. The molecule has 0 N–H and O–H groups in total. The summed E-state index contributed by atoms with van der Waals surface area (Å²) in [6, 6.07) is 0. The van der Waals surface area contributed by atoms with Gasteiger partial charge in [0, 0.05) is 18.3 Å². The highest BCUT2D eigenvalue weighted by Gasteiger charge is 1.90. The van der Waals surface area contributed by atoms with Crippen molar-refractivity contribution in [2.45, 2.75) is 13.8 Å². The molecule has 1 atom stereocenters. The summed E-state index contributed by atoms with van der Waals surface area (Å²) in [5, 5.41) is 0. The van der Waals surface area contributed by atoms with Crippen LogP contribution in [0.4, 0.5) is 0 Å². The van der Waals surface area contributed by atoms with Crippen molar-refractivity contribution < 1.29 is 16.8 Å². The average Bonchev–Trinajstić information content (AvgIpc) is 1.87. The largest absolute Gasteiger partial charge is 0.291 e. The maximum absolute atomic E-state index is 10.0. The van der Waals surface area contributed by atoms with E-state index in [0.29, 0.717) is 6.61 Å². The summed E-state index contributed by atoms with van der Waals surface area (Å²) in [6.07, 6.45) is 2.72. The van der Waals surface area contributed by atoms with E-state index in [0.717, 1.165) is 0 Å². The maximum Gasteiger partial charge on any atom is 0.152 e. The highest BCUT2D eigenvalue weighted by atomic mass is 32.2. The molecule has 0 rings (SSSR count). The second kappa shape index (κ2) is 7.70. The number of hydrogen-bond donors (Lipinski definition) is 0. The topological polar surface area (TPSA) is 60.4 Å². The van der Waals surface area contributed by atoms with Crippen LogP contribution in [0.2, 0.25) is 0 Å². The normalized spacial score (nSPS) is 13.0. The molecule has 0 amide bonds. The third kappa shape index (κ3) is 22.5. The first-order valence-electron chi connectivity index (χ1n) is 3.47. The van der Waals surface area contributed by atoms with Crippen LogP contribution in [-0.4, -0.2) is 37.5 Å². The van der Waals surface area contributed by atoms with Gasteiger partial charge in [-0.15, -0.1) is 0 Å². The molecular weight excluding hydrogens is 200 g/mol. The molecule has 0 aliphatic rings. The van der Waals surface area contributed by atoms with Gasteiger partial charge in [0.25, 0.3) is 0 Å². The lowest BCUT2D eigenvalue weighted by Gasteiger charge is -1.86. The van der Waals surface area contributed by atoms with Gasteiger partial charge in [-0.2, -0.15) is 0 Å². The molecule has 0 aromatic heterocycles. The van der Waals surface area contributed by atoms with Crippen molar-refractivity contribution in [1.82, 2.24) is 0 Å². The van der Waals surface area contributed by atoms with E-state index in [2.05, 4.69) is 4.18 Å². The molecule has 0 radical (unpaired) electrons. The molecule has 0 aromatic carbocycles. The van der Waals surface area contributed by atoms with Gasteiger partial charge in [0.1, 0.15) is 9.84 Å². The van der Waals surface area contributed by atoms with Crippen LogP contribution < -0.4 is 0 Å². The van der Waals surface area contributed by atoms with Crippen LogP contribution in [0.3, 0.4) is 0 Å². The monoisotopic (exact) mass is 216 g/mol. The molecule has 12 heavy (non-hydrogen) atoms. The Balaban J connectivity index is 0. The van der Waals surface area contributed by atoms with Crippen molar-refractivity contribution in [3.63, 3.8) is 0 Å². The van der Waals surface area contributed by atoms with Crippen molar-refractivity contribution in [3.8, 4) is 0 Å². The van der Waals surface area contributed by atoms with Crippen LogP contribution in [0, 0.1) is 0 Å². The Bertz CT molecular complexity index is 208. The van der Waals surface area contributed by atoms with Crippen molar-refractivity contribution in [3.05, 3.63) is 0 Å². The molecule has 4 nitrogen and oxygen atoms in total. The minimum absolute atomic E-state index is 0.243. The average molecular weight is 216 g/mol. The minimum atomic E-state index is -2.66. The summed E-state index contributed by atoms with van der Waals surface area (Å²) < 4.78 is 34.4. The second-order valence-electron chi connectivity index (χ2n) is 2.02. The van der Waals surface area contributed by atoms with Crippen molar-refractivity contribution in [2.24, 2.45) is 0 Å². The van der Waals surface area contributed by atoms with Gasteiger partial charge in [-0.25, -0.2) is 12.6 Å². The Morgan fingerprint density at radius 1 is 1.33 bits per heavy atom. The summed E-state index contributed by atoms with van der Waals surface area (Å²) in [5.41, 5.74) is 0. The number of sulfone groups is 1. The summed E-state index contributed by atoms with van der Waals surface area (Å²) in [7, 11) is -2.66. The SMILES string of the molecule is CCOS(C)=O.CCS(C)(=O)=O. The van der Waals surface area contributed by atoms with E-state index < -0.39 is 20.9 Å².